The second-order valence-corrected chi connectivity index (χ2v) is 6.47. The fraction of sp³-hybridized carbons (Fsp3) is 0.900. The Morgan fingerprint density at radius 3 is 1.93 bits per heavy atom. The molecule has 7 nitrogen and oxygen atoms in total. The molecule has 0 aliphatic heterocycles. The van der Waals surface area contributed by atoms with Crippen LogP contribution in [0.5, 0.6) is 0 Å². The molecule has 0 aromatic rings. The summed E-state index contributed by atoms with van der Waals surface area (Å²) in [6.45, 7) is 10.3. The van der Waals surface area contributed by atoms with Crippen LogP contribution in [0.15, 0.2) is 0 Å². The molecule has 0 rings (SSSR count). The fourth-order valence-corrected chi connectivity index (χ4v) is 2.34. The van der Waals surface area contributed by atoms with E-state index < -0.39 is 11.6 Å². The van der Waals surface area contributed by atoms with Gasteiger partial charge in [-0.1, -0.05) is 20.8 Å². The topological polar surface area (TPSA) is 80.3 Å². The number of esters is 1. The quantitative estimate of drug-likeness (QED) is 0.263. The van der Waals surface area contributed by atoms with Gasteiger partial charge in [-0.05, 0) is 26.2 Å². The van der Waals surface area contributed by atoms with Gasteiger partial charge in [-0.2, -0.15) is 0 Å². The molecule has 0 aromatic carbocycles. The van der Waals surface area contributed by atoms with Gasteiger partial charge in [-0.3, -0.25) is 9.59 Å². The molecule has 0 radical (unpaired) electrons. The molecule has 0 aromatic heterocycles. The third-order valence-electron chi connectivity index (χ3n) is 4.63. The molecule has 0 spiro atoms. The highest BCUT2D eigenvalue weighted by atomic mass is 16.6. The van der Waals surface area contributed by atoms with E-state index in [2.05, 4.69) is 13.8 Å². The molecule has 0 heterocycles. The average Bonchev–Trinajstić information content (AvgIpc) is 2.69. The molecule has 0 fully saturated rings. The highest BCUT2D eigenvalue weighted by molar-refractivity contribution is 5.89. The summed E-state index contributed by atoms with van der Waals surface area (Å²) in [5, 5.41) is 0. The number of ketones is 1. The minimum Gasteiger partial charge on any atom is -0.463 e. The molecule has 0 bridgehead atoms. The van der Waals surface area contributed by atoms with Crippen LogP contribution in [0.25, 0.3) is 0 Å². The predicted octanol–water partition coefficient (Wildman–Crippen LogP) is 2.93. The molecule has 0 N–H and O–H groups in total. The van der Waals surface area contributed by atoms with Gasteiger partial charge < -0.3 is 23.7 Å². The van der Waals surface area contributed by atoms with E-state index in [-0.39, 0.29) is 25.2 Å². The second kappa shape index (κ2) is 16.0. The number of hydrogen-bond acceptors (Lipinski definition) is 7. The summed E-state index contributed by atoms with van der Waals surface area (Å²) in [7, 11) is 1.50. The van der Waals surface area contributed by atoms with Crippen molar-refractivity contribution in [2.45, 2.75) is 71.5 Å². The molecule has 0 amide bonds. The Hall–Kier alpha value is -1.02. The van der Waals surface area contributed by atoms with E-state index in [9.17, 15) is 9.59 Å². The van der Waals surface area contributed by atoms with E-state index in [0.717, 1.165) is 12.8 Å². The van der Waals surface area contributed by atoms with Gasteiger partial charge in [0.2, 0.25) is 0 Å². The Labute approximate surface area is 164 Å². The van der Waals surface area contributed by atoms with E-state index in [4.69, 9.17) is 23.7 Å². The van der Waals surface area contributed by atoms with Gasteiger partial charge in [0.15, 0.2) is 5.78 Å². The Balaban J connectivity index is 3.55. The summed E-state index contributed by atoms with van der Waals surface area (Å²) in [6.07, 6.45) is 3.06. The lowest BCUT2D eigenvalue weighted by atomic mass is 9.94. The molecule has 0 saturated carbocycles. The van der Waals surface area contributed by atoms with Crippen molar-refractivity contribution in [3.63, 3.8) is 0 Å². The van der Waals surface area contributed by atoms with Crippen molar-refractivity contribution in [3.05, 3.63) is 0 Å². The summed E-state index contributed by atoms with van der Waals surface area (Å²) in [5.74, 6) is -0.498. The van der Waals surface area contributed by atoms with Crippen LogP contribution in [0.2, 0.25) is 0 Å². The fourth-order valence-electron chi connectivity index (χ4n) is 2.34. The number of rotatable bonds is 18. The SMILES string of the molecule is CCC(CC)OCCOCCOCCOC(=O)CCC(=O)C(C)(CC)OC. The minimum absolute atomic E-state index is 0.0530. The first-order chi connectivity index (χ1) is 12.9. The molecule has 1 atom stereocenters. The molecule has 0 saturated heterocycles. The third-order valence-corrected chi connectivity index (χ3v) is 4.63. The van der Waals surface area contributed by atoms with Gasteiger partial charge in [0.25, 0.3) is 0 Å². The van der Waals surface area contributed by atoms with Crippen molar-refractivity contribution < 1.29 is 33.3 Å². The number of Topliss-reactive ketones (excluding diaryl/α,β-unsaturated/α-hetero) is 1. The zero-order chi connectivity index (χ0) is 20.5. The van der Waals surface area contributed by atoms with Crippen LogP contribution in [0.4, 0.5) is 0 Å². The number of carbonyl (C=O) groups excluding carboxylic acids is 2. The van der Waals surface area contributed by atoms with Crippen molar-refractivity contribution in [2.75, 3.05) is 46.8 Å². The average molecular weight is 391 g/mol. The van der Waals surface area contributed by atoms with Gasteiger partial charge in [0.05, 0.1) is 45.6 Å². The Bertz CT molecular complexity index is 390. The van der Waals surface area contributed by atoms with Crippen molar-refractivity contribution in [1.29, 1.82) is 0 Å². The number of ether oxygens (including phenoxy) is 5. The molecule has 27 heavy (non-hydrogen) atoms. The van der Waals surface area contributed by atoms with E-state index in [1.165, 1.54) is 7.11 Å². The lowest BCUT2D eigenvalue weighted by Crippen LogP contribution is -2.36. The molecule has 7 heteroatoms. The molecule has 0 aliphatic carbocycles. The van der Waals surface area contributed by atoms with Gasteiger partial charge in [-0.15, -0.1) is 0 Å². The lowest BCUT2D eigenvalue weighted by Gasteiger charge is -2.24. The molecule has 160 valence electrons. The van der Waals surface area contributed by atoms with E-state index in [0.29, 0.717) is 45.6 Å². The second-order valence-electron chi connectivity index (χ2n) is 6.47. The van der Waals surface area contributed by atoms with Crippen molar-refractivity contribution in [2.24, 2.45) is 0 Å². The van der Waals surface area contributed by atoms with E-state index >= 15 is 0 Å². The standard InChI is InChI=1S/C20H38O7/c1-6-17(7-2)26-15-13-24-11-12-25-14-16-27-19(22)10-9-18(21)20(4,8-3)23-5/h17H,6-16H2,1-5H3. The highest BCUT2D eigenvalue weighted by Crippen LogP contribution is 2.18. The molecule has 1 unspecified atom stereocenters. The monoisotopic (exact) mass is 390 g/mol. The first-order valence-electron chi connectivity index (χ1n) is 9.94. The van der Waals surface area contributed by atoms with Crippen LogP contribution < -0.4 is 0 Å². The van der Waals surface area contributed by atoms with Crippen LogP contribution in [0.3, 0.4) is 0 Å². The molecular weight excluding hydrogens is 352 g/mol. The van der Waals surface area contributed by atoms with Gasteiger partial charge in [0.1, 0.15) is 12.2 Å². The Morgan fingerprint density at radius 1 is 0.852 bits per heavy atom. The van der Waals surface area contributed by atoms with Crippen molar-refractivity contribution in [1.82, 2.24) is 0 Å². The van der Waals surface area contributed by atoms with Crippen molar-refractivity contribution >= 4 is 11.8 Å². The van der Waals surface area contributed by atoms with Gasteiger partial charge >= 0.3 is 5.97 Å². The summed E-state index contributed by atoms with van der Waals surface area (Å²) in [5.41, 5.74) is -0.831. The van der Waals surface area contributed by atoms with Crippen LogP contribution in [-0.2, 0) is 33.3 Å². The Kier molecular flexibility index (Phi) is 15.4. The van der Waals surface area contributed by atoms with Gasteiger partial charge in [-0.25, -0.2) is 0 Å². The maximum absolute atomic E-state index is 12.0. The number of methoxy groups -OCH3 is 1. The molecular formula is C20H38O7. The zero-order valence-corrected chi connectivity index (χ0v) is 17.7. The zero-order valence-electron chi connectivity index (χ0n) is 17.7. The van der Waals surface area contributed by atoms with Crippen molar-refractivity contribution in [3.8, 4) is 0 Å². The summed E-state index contributed by atoms with van der Waals surface area (Å²) in [4.78, 5) is 23.7. The number of carbonyl (C=O) groups is 2. The van der Waals surface area contributed by atoms with Crippen LogP contribution in [0, 0.1) is 0 Å². The largest absolute Gasteiger partial charge is 0.463 e. The summed E-state index contributed by atoms with van der Waals surface area (Å²) < 4.78 is 26.7. The Morgan fingerprint density at radius 2 is 1.41 bits per heavy atom. The normalized spacial score (nSPS) is 13.6. The summed E-state index contributed by atoms with van der Waals surface area (Å²) in [6, 6.07) is 0. The minimum atomic E-state index is -0.831. The first-order valence-corrected chi connectivity index (χ1v) is 9.94. The number of hydrogen-bond donors (Lipinski definition) is 0. The van der Waals surface area contributed by atoms with Crippen LogP contribution in [-0.4, -0.2) is 70.2 Å². The van der Waals surface area contributed by atoms with Crippen LogP contribution >= 0.6 is 0 Å². The maximum atomic E-state index is 12.0. The van der Waals surface area contributed by atoms with Crippen LogP contribution in [0.1, 0.15) is 59.8 Å². The smallest absolute Gasteiger partial charge is 0.306 e. The predicted molar refractivity (Wildman–Crippen MR) is 103 cm³/mol. The van der Waals surface area contributed by atoms with Gasteiger partial charge in [0, 0.05) is 13.5 Å². The lowest BCUT2D eigenvalue weighted by molar-refractivity contribution is -0.149. The van der Waals surface area contributed by atoms with E-state index in [1.807, 2.05) is 6.92 Å². The molecule has 0 aliphatic rings. The van der Waals surface area contributed by atoms with E-state index in [1.54, 1.807) is 6.92 Å². The highest BCUT2D eigenvalue weighted by Gasteiger charge is 2.30. The first kappa shape index (κ1) is 26.0. The third kappa shape index (κ3) is 12.1. The summed E-state index contributed by atoms with van der Waals surface area (Å²) >= 11 is 0. The maximum Gasteiger partial charge on any atom is 0.306 e.